The summed E-state index contributed by atoms with van der Waals surface area (Å²) in [6.07, 6.45) is 1.39. The van der Waals surface area contributed by atoms with Crippen LogP contribution in [-0.2, 0) is 0 Å². The van der Waals surface area contributed by atoms with Crippen LogP contribution >= 0.6 is 0 Å². The zero-order valence-corrected chi connectivity index (χ0v) is 10.6. The van der Waals surface area contributed by atoms with Crippen LogP contribution in [0.15, 0.2) is 47.4 Å². The average Bonchev–Trinajstić information content (AvgIpc) is 2.46. The second-order valence-electron chi connectivity index (χ2n) is 4.08. The van der Waals surface area contributed by atoms with Gasteiger partial charge < -0.3 is 9.88 Å². The minimum Gasteiger partial charge on any atom is -0.329 e. The third-order valence-electron chi connectivity index (χ3n) is 2.77. The smallest absolute Gasteiger partial charge is 0.269 e. The van der Waals surface area contributed by atoms with E-state index >= 15 is 0 Å². The van der Waals surface area contributed by atoms with Crippen molar-refractivity contribution in [3.63, 3.8) is 0 Å². The largest absolute Gasteiger partial charge is 0.329 e. The molecule has 0 radical (unpaired) electrons. The zero-order chi connectivity index (χ0) is 14.7. The fourth-order valence-electron chi connectivity index (χ4n) is 1.69. The molecule has 0 saturated carbocycles. The van der Waals surface area contributed by atoms with E-state index < -0.39 is 4.92 Å². The highest BCUT2D eigenvalue weighted by Gasteiger charge is 2.14. The van der Waals surface area contributed by atoms with Gasteiger partial charge in [0.2, 0.25) is 5.56 Å². The normalized spacial score (nSPS) is 10.1. The minimum atomic E-state index is -0.512. The van der Waals surface area contributed by atoms with Gasteiger partial charge in [-0.1, -0.05) is 0 Å². The Morgan fingerprint density at radius 2 is 1.90 bits per heavy atom. The molecule has 1 amide bonds. The molecule has 1 aromatic carbocycles. The van der Waals surface area contributed by atoms with Crippen LogP contribution in [0.25, 0.3) is 0 Å². The Kier molecular flexibility index (Phi) is 3.60. The van der Waals surface area contributed by atoms with Crippen LogP contribution in [0, 0.1) is 10.1 Å². The Bertz CT molecular complexity index is 706. The second kappa shape index (κ2) is 5.35. The Balaban J connectivity index is 2.26. The van der Waals surface area contributed by atoms with Crippen molar-refractivity contribution in [2.75, 3.05) is 11.9 Å². The van der Waals surface area contributed by atoms with Gasteiger partial charge in [0.25, 0.3) is 11.6 Å². The first-order chi connectivity index (χ1) is 9.49. The van der Waals surface area contributed by atoms with E-state index in [0.717, 1.165) is 0 Å². The molecule has 0 atom stereocenters. The van der Waals surface area contributed by atoms with Gasteiger partial charge >= 0.3 is 0 Å². The van der Waals surface area contributed by atoms with Crippen LogP contribution in [0.3, 0.4) is 0 Å². The van der Waals surface area contributed by atoms with Crippen LogP contribution in [0.1, 0.15) is 10.4 Å². The molecule has 7 heteroatoms. The molecule has 0 aliphatic rings. The summed E-state index contributed by atoms with van der Waals surface area (Å²) in [6.45, 7) is 0. The molecule has 1 heterocycles. The summed E-state index contributed by atoms with van der Waals surface area (Å²) in [7, 11) is 1.53. The monoisotopic (exact) mass is 273 g/mol. The van der Waals surface area contributed by atoms with E-state index in [4.69, 9.17) is 0 Å². The average molecular weight is 273 g/mol. The third kappa shape index (κ3) is 2.72. The maximum absolute atomic E-state index is 12.2. The van der Waals surface area contributed by atoms with Crippen molar-refractivity contribution in [2.24, 2.45) is 0 Å². The Hall–Kier alpha value is -2.96. The Morgan fingerprint density at radius 1 is 1.25 bits per heavy atom. The third-order valence-corrected chi connectivity index (χ3v) is 2.77. The van der Waals surface area contributed by atoms with Gasteiger partial charge in [0.05, 0.1) is 4.92 Å². The number of carbonyl (C=O) groups excluding carboxylic acids is 1. The van der Waals surface area contributed by atoms with Crippen molar-refractivity contribution in [3.05, 3.63) is 68.6 Å². The number of hydrogen-bond donors (Lipinski definition) is 1. The molecule has 102 valence electrons. The molecule has 1 aromatic heterocycles. The van der Waals surface area contributed by atoms with E-state index in [1.54, 1.807) is 0 Å². The molecule has 20 heavy (non-hydrogen) atoms. The molecule has 0 aliphatic heterocycles. The number of aromatic nitrogens is 1. The number of amides is 1. The molecule has 0 spiro atoms. The fraction of sp³-hybridized carbons (Fsp3) is 0.0769. The first kappa shape index (κ1) is 13.5. The molecule has 0 aliphatic carbocycles. The minimum absolute atomic E-state index is 0.0502. The van der Waals surface area contributed by atoms with Gasteiger partial charge in [-0.2, -0.15) is 0 Å². The SMILES string of the molecule is CN(C(=O)c1cc[nH]c(=O)c1)c1ccc([N+](=O)[O-])cc1. The van der Waals surface area contributed by atoms with Gasteiger partial charge in [-0.05, 0) is 18.2 Å². The number of rotatable bonds is 3. The van der Waals surface area contributed by atoms with Crippen molar-refractivity contribution in [2.45, 2.75) is 0 Å². The van der Waals surface area contributed by atoms with Gasteiger partial charge in [-0.3, -0.25) is 19.7 Å². The summed E-state index contributed by atoms with van der Waals surface area (Å²) >= 11 is 0. The molecule has 0 bridgehead atoms. The number of nitrogens with one attached hydrogen (secondary N) is 1. The fourth-order valence-corrected chi connectivity index (χ4v) is 1.69. The maximum Gasteiger partial charge on any atom is 0.269 e. The molecule has 2 rings (SSSR count). The second-order valence-corrected chi connectivity index (χ2v) is 4.08. The number of pyridine rings is 1. The molecule has 0 fully saturated rings. The van der Waals surface area contributed by atoms with Gasteiger partial charge in [-0.25, -0.2) is 0 Å². The van der Waals surface area contributed by atoms with E-state index in [9.17, 15) is 19.7 Å². The molecular weight excluding hydrogens is 262 g/mol. The highest BCUT2D eigenvalue weighted by Crippen LogP contribution is 2.19. The molecule has 2 aromatic rings. The van der Waals surface area contributed by atoms with E-state index in [-0.39, 0.29) is 22.7 Å². The van der Waals surface area contributed by atoms with Crippen LogP contribution in [0.2, 0.25) is 0 Å². The summed E-state index contributed by atoms with van der Waals surface area (Å²) in [5.41, 5.74) is 0.328. The number of non-ortho nitro benzene ring substituents is 1. The molecule has 7 nitrogen and oxygen atoms in total. The number of H-pyrrole nitrogens is 1. The van der Waals surface area contributed by atoms with Gasteiger partial charge in [0.15, 0.2) is 0 Å². The lowest BCUT2D eigenvalue weighted by molar-refractivity contribution is -0.384. The van der Waals surface area contributed by atoms with E-state index in [1.807, 2.05) is 0 Å². The maximum atomic E-state index is 12.2. The molecule has 0 saturated heterocycles. The van der Waals surface area contributed by atoms with Crippen LogP contribution in [-0.4, -0.2) is 22.9 Å². The van der Waals surface area contributed by atoms with Gasteiger partial charge in [0.1, 0.15) is 0 Å². The summed E-state index contributed by atoms with van der Waals surface area (Å²) in [5.74, 6) is -0.370. The predicted molar refractivity (Wildman–Crippen MR) is 72.9 cm³/mol. The number of nitro groups is 1. The number of hydrogen-bond acceptors (Lipinski definition) is 4. The van der Waals surface area contributed by atoms with Crippen molar-refractivity contribution in [3.8, 4) is 0 Å². The van der Waals surface area contributed by atoms with Crippen LogP contribution in [0.4, 0.5) is 11.4 Å². The van der Waals surface area contributed by atoms with E-state index in [0.29, 0.717) is 5.69 Å². The number of carbonyl (C=O) groups is 1. The zero-order valence-electron chi connectivity index (χ0n) is 10.6. The topological polar surface area (TPSA) is 96.3 Å². The summed E-state index contributed by atoms with van der Waals surface area (Å²) in [6, 6.07) is 8.27. The quantitative estimate of drug-likeness (QED) is 0.678. The van der Waals surface area contributed by atoms with Crippen LogP contribution in [0.5, 0.6) is 0 Å². The summed E-state index contributed by atoms with van der Waals surface area (Å²) < 4.78 is 0. The summed E-state index contributed by atoms with van der Waals surface area (Å²) in [5, 5.41) is 10.6. The van der Waals surface area contributed by atoms with Crippen molar-refractivity contribution >= 4 is 17.3 Å². The lowest BCUT2D eigenvalue weighted by atomic mass is 10.2. The standard InChI is InChI=1S/C13H11N3O4/c1-15(10-2-4-11(5-3-10)16(19)20)13(18)9-6-7-14-12(17)8-9/h2-8H,1H3,(H,14,17). The van der Waals surface area contributed by atoms with Gasteiger partial charge in [0, 0.05) is 42.7 Å². The highest BCUT2D eigenvalue weighted by molar-refractivity contribution is 6.05. The van der Waals surface area contributed by atoms with Crippen molar-refractivity contribution < 1.29 is 9.72 Å². The lowest BCUT2D eigenvalue weighted by Gasteiger charge is -2.16. The van der Waals surface area contributed by atoms with Crippen LogP contribution < -0.4 is 10.5 Å². The molecular formula is C13H11N3O4. The lowest BCUT2D eigenvalue weighted by Crippen LogP contribution is -2.27. The Morgan fingerprint density at radius 3 is 2.45 bits per heavy atom. The van der Waals surface area contributed by atoms with Crippen molar-refractivity contribution in [1.82, 2.24) is 4.98 Å². The number of nitro benzene ring substituents is 1. The first-order valence-corrected chi connectivity index (χ1v) is 5.70. The molecule has 0 unspecified atom stereocenters. The van der Waals surface area contributed by atoms with Gasteiger partial charge in [-0.15, -0.1) is 0 Å². The Labute approximate surface area is 113 Å². The molecule has 1 N–H and O–H groups in total. The number of anilines is 1. The van der Waals surface area contributed by atoms with E-state index in [2.05, 4.69) is 4.98 Å². The number of nitrogens with zero attached hydrogens (tertiary/aromatic N) is 2. The predicted octanol–water partition coefficient (Wildman–Crippen LogP) is 1.56. The van der Waals surface area contributed by atoms with Crippen molar-refractivity contribution in [1.29, 1.82) is 0 Å². The van der Waals surface area contributed by atoms with E-state index in [1.165, 1.54) is 54.5 Å². The summed E-state index contributed by atoms with van der Waals surface area (Å²) in [4.78, 5) is 37.1. The first-order valence-electron chi connectivity index (χ1n) is 5.70. The number of aromatic amines is 1. The number of benzene rings is 1. The highest BCUT2D eigenvalue weighted by atomic mass is 16.6.